The molecule has 1 unspecified atom stereocenters. The van der Waals surface area contributed by atoms with Crippen LogP contribution >= 0.6 is 0 Å². The third-order valence-electron chi connectivity index (χ3n) is 15.3. The van der Waals surface area contributed by atoms with Crippen LogP contribution in [-0.4, -0.2) is 37.2 Å². The van der Waals surface area contributed by atoms with Crippen molar-refractivity contribution in [1.29, 1.82) is 0 Å². The molecule has 0 aliphatic rings. The SMILES string of the molecule is CC/C=C\C/C=C\C/C=C\C/C=C\C/C=C\C/C=C\C/C=C\C/C=C\C/C=C\CCCCCC(=O)OCC(COC(=O)CCCCCCCCCCCCCCCC)OC(=O)CCCCCCCCCCCCCCCCCCCCCC. The van der Waals surface area contributed by atoms with Gasteiger partial charge in [-0.2, -0.15) is 0 Å². The first-order valence-corrected chi connectivity index (χ1v) is 35.4. The molecular formula is C77H132O6. The van der Waals surface area contributed by atoms with Crippen LogP contribution in [0, 0.1) is 0 Å². The molecule has 0 fully saturated rings. The molecule has 0 spiro atoms. The van der Waals surface area contributed by atoms with Crippen molar-refractivity contribution >= 4 is 17.9 Å². The summed E-state index contributed by atoms with van der Waals surface area (Å²) in [4.78, 5) is 38.4. The summed E-state index contributed by atoms with van der Waals surface area (Å²) in [6, 6.07) is 0. The first kappa shape index (κ1) is 79.1. The van der Waals surface area contributed by atoms with E-state index >= 15 is 0 Å². The fraction of sp³-hybridized carbons (Fsp3) is 0.727. The number of carbonyl (C=O) groups is 3. The van der Waals surface area contributed by atoms with Gasteiger partial charge in [-0.3, -0.25) is 14.4 Å². The van der Waals surface area contributed by atoms with E-state index in [4.69, 9.17) is 14.2 Å². The number of esters is 3. The molecule has 83 heavy (non-hydrogen) atoms. The predicted molar refractivity (Wildman–Crippen MR) is 362 cm³/mol. The minimum Gasteiger partial charge on any atom is -0.462 e. The van der Waals surface area contributed by atoms with Gasteiger partial charge in [0, 0.05) is 19.3 Å². The van der Waals surface area contributed by atoms with E-state index in [0.717, 1.165) is 122 Å². The molecule has 0 aromatic carbocycles. The summed E-state index contributed by atoms with van der Waals surface area (Å²) in [6.45, 7) is 6.55. The van der Waals surface area contributed by atoms with E-state index in [1.165, 1.54) is 180 Å². The Kier molecular flexibility index (Phi) is 67.2. The van der Waals surface area contributed by atoms with Crippen molar-refractivity contribution in [3.8, 4) is 0 Å². The quantitative estimate of drug-likeness (QED) is 0.0261. The molecule has 476 valence electrons. The molecule has 6 heteroatoms. The maximum absolute atomic E-state index is 12.9. The molecule has 0 saturated heterocycles. The van der Waals surface area contributed by atoms with E-state index in [2.05, 4.69) is 130 Å². The van der Waals surface area contributed by atoms with Gasteiger partial charge in [0.1, 0.15) is 13.2 Å². The predicted octanol–water partition coefficient (Wildman–Crippen LogP) is 24.6. The normalized spacial score (nSPS) is 12.8. The van der Waals surface area contributed by atoms with Gasteiger partial charge in [0.2, 0.25) is 0 Å². The number of hydrogen-bond donors (Lipinski definition) is 0. The molecule has 1 atom stereocenters. The van der Waals surface area contributed by atoms with E-state index in [9.17, 15) is 14.4 Å². The first-order valence-electron chi connectivity index (χ1n) is 35.4. The molecule has 0 N–H and O–H groups in total. The summed E-state index contributed by atoms with van der Waals surface area (Å²) >= 11 is 0. The summed E-state index contributed by atoms with van der Waals surface area (Å²) in [6.07, 6.45) is 96.8. The molecule has 0 aliphatic heterocycles. The Hall–Kier alpha value is -3.93. The molecule has 0 rings (SSSR count). The minimum atomic E-state index is -0.791. The van der Waals surface area contributed by atoms with Gasteiger partial charge in [-0.15, -0.1) is 0 Å². The van der Waals surface area contributed by atoms with E-state index < -0.39 is 6.10 Å². The molecular weight excluding hydrogens is 1020 g/mol. The number of carbonyl (C=O) groups excluding carboxylic acids is 3. The lowest BCUT2D eigenvalue weighted by Gasteiger charge is -2.18. The largest absolute Gasteiger partial charge is 0.462 e. The highest BCUT2D eigenvalue weighted by Gasteiger charge is 2.19. The van der Waals surface area contributed by atoms with Crippen LogP contribution in [0.4, 0.5) is 0 Å². The number of allylic oxidation sites excluding steroid dienone is 18. The summed E-state index contributed by atoms with van der Waals surface area (Å²) in [5.41, 5.74) is 0. The van der Waals surface area contributed by atoms with Crippen LogP contribution in [-0.2, 0) is 28.6 Å². The minimum absolute atomic E-state index is 0.0843. The van der Waals surface area contributed by atoms with Crippen molar-refractivity contribution in [1.82, 2.24) is 0 Å². The van der Waals surface area contributed by atoms with Crippen LogP contribution in [0.25, 0.3) is 0 Å². The Morgan fingerprint density at radius 3 is 0.735 bits per heavy atom. The van der Waals surface area contributed by atoms with Crippen molar-refractivity contribution in [2.45, 2.75) is 348 Å². The molecule has 0 saturated carbocycles. The molecule has 0 heterocycles. The van der Waals surface area contributed by atoms with E-state index in [1.807, 2.05) is 0 Å². The fourth-order valence-corrected chi connectivity index (χ4v) is 10.0. The summed E-state index contributed by atoms with van der Waals surface area (Å²) in [5.74, 6) is -0.901. The van der Waals surface area contributed by atoms with Gasteiger partial charge in [0.15, 0.2) is 6.10 Å². The Morgan fingerprint density at radius 2 is 0.470 bits per heavy atom. The topological polar surface area (TPSA) is 78.9 Å². The van der Waals surface area contributed by atoms with Crippen LogP contribution in [0.15, 0.2) is 109 Å². The Bertz CT molecular complexity index is 1660. The van der Waals surface area contributed by atoms with Gasteiger partial charge < -0.3 is 14.2 Å². The zero-order valence-corrected chi connectivity index (χ0v) is 54.7. The summed E-state index contributed by atoms with van der Waals surface area (Å²) < 4.78 is 17.0. The van der Waals surface area contributed by atoms with Gasteiger partial charge in [-0.1, -0.05) is 342 Å². The number of hydrogen-bond acceptors (Lipinski definition) is 6. The zero-order chi connectivity index (χ0) is 59.9. The fourth-order valence-electron chi connectivity index (χ4n) is 10.0. The van der Waals surface area contributed by atoms with Crippen LogP contribution < -0.4 is 0 Å². The van der Waals surface area contributed by atoms with Gasteiger partial charge in [0.05, 0.1) is 0 Å². The number of rotatable bonds is 64. The maximum atomic E-state index is 12.9. The monoisotopic (exact) mass is 1150 g/mol. The van der Waals surface area contributed by atoms with Crippen LogP contribution in [0.2, 0.25) is 0 Å². The second-order valence-electron chi connectivity index (χ2n) is 23.4. The van der Waals surface area contributed by atoms with E-state index in [0.29, 0.717) is 19.3 Å². The molecule has 0 radical (unpaired) electrons. The van der Waals surface area contributed by atoms with Gasteiger partial charge in [0.25, 0.3) is 0 Å². The molecule has 0 amide bonds. The smallest absolute Gasteiger partial charge is 0.306 e. The van der Waals surface area contributed by atoms with Crippen LogP contribution in [0.5, 0.6) is 0 Å². The Labute approximate surface area is 514 Å². The third kappa shape index (κ3) is 68.7. The lowest BCUT2D eigenvalue weighted by molar-refractivity contribution is -0.167. The van der Waals surface area contributed by atoms with Crippen molar-refractivity contribution in [2.24, 2.45) is 0 Å². The zero-order valence-electron chi connectivity index (χ0n) is 54.7. The molecule has 0 aromatic rings. The highest BCUT2D eigenvalue weighted by atomic mass is 16.6. The standard InChI is InChI=1S/C77H132O6/c1-4-7-10-13-16-19-22-25-28-30-32-34-35-36-37-38-39-40-41-42-43-44-46-47-49-52-55-58-61-64-67-70-76(79)82-73-74(72-81-75(78)69-66-63-60-57-54-51-27-24-21-18-15-12-9-6-3)83-77(80)71-68-65-62-59-56-53-50-48-45-33-31-29-26-23-20-17-14-11-8-5-2/h7,10,16,19,25,28,32,34,36-37,39-40,42-43,46-47,52,55,74H,4-6,8-9,11-15,17-18,20-24,26-27,29-31,33,35,38,41,44-45,48-51,53-54,56-73H2,1-3H3/b10-7-,19-16-,28-25-,34-32-,37-36-,40-39-,43-42-,47-46-,55-52-. The highest BCUT2D eigenvalue weighted by Crippen LogP contribution is 2.17. The average molecular weight is 1150 g/mol. The van der Waals surface area contributed by atoms with Gasteiger partial charge >= 0.3 is 17.9 Å². The van der Waals surface area contributed by atoms with Crippen molar-refractivity contribution in [2.75, 3.05) is 13.2 Å². The average Bonchev–Trinajstić information content (AvgIpc) is 3.49. The van der Waals surface area contributed by atoms with Gasteiger partial charge in [-0.05, 0) is 89.9 Å². The number of unbranched alkanes of at least 4 members (excludes halogenated alkanes) is 35. The second kappa shape index (κ2) is 70.6. The van der Waals surface area contributed by atoms with Crippen molar-refractivity contribution in [3.05, 3.63) is 109 Å². The first-order chi connectivity index (χ1) is 41.0. The second-order valence-corrected chi connectivity index (χ2v) is 23.4. The van der Waals surface area contributed by atoms with Crippen molar-refractivity contribution < 1.29 is 28.6 Å². The van der Waals surface area contributed by atoms with E-state index in [1.54, 1.807) is 0 Å². The van der Waals surface area contributed by atoms with E-state index in [-0.39, 0.29) is 31.1 Å². The lowest BCUT2D eigenvalue weighted by Crippen LogP contribution is -2.30. The Morgan fingerprint density at radius 1 is 0.253 bits per heavy atom. The molecule has 0 aliphatic carbocycles. The lowest BCUT2D eigenvalue weighted by atomic mass is 10.0. The van der Waals surface area contributed by atoms with Gasteiger partial charge in [-0.25, -0.2) is 0 Å². The van der Waals surface area contributed by atoms with Crippen molar-refractivity contribution in [3.63, 3.8) is 0 Å². The molecule has 0 bridgehead atoms. The highest BCUT2D eigenvalue weighted by molar-refractivity contribution is 5.71. The Balaban J connectivity index is 4.37. The van der Waals surface area contributed by atoms with Crippen LogP contribution in [0.3, 0.4) is 0 Å². The summed E-state index contributed by atoms with van der Waals surface area (Å²) in [5, 5.41) is 0. The third-order valence-corrected chi connectivity index (χ3v) is 15.3. The summed E-state index contributed by atoms with van der Waals surface area (Å²) in [7, 11) is 0. The van der Waals surface area contributed by atoms with Crippen LogP contribution in [0.1, 0.15) is 342 Å². The number of ether oxygens (including phenoxy) is 3. The molecule has 0 aromatic heterocycles. The maximum Gasteiger partial charge on any atom is 0.306 e. The molecule has 6 nitrogen and oxygen atoms in total.